The first-order valence-electron chi connectivity index (χ1n) is 9.24. The summed E-state index contributed by atoms with van der Waals surface area (Å²) >= 11 is 1.58. The van der Waals surface area contributed by atoms with E-state index in [4.69, 9.17) is 0 Å². The summed E-state index contributed by atoms with van der Waals surface area (Å²) in [7, 11) is 0. The van der Waals surface area contributed by atoms with Crippen molar-refractivity contribution < 1.29 is 23.3 Å². The van der Waals surface area contributed by atoms with E-state index in [1.807, 2.05) is 67.5 Å². The van der Waals surface area contributed by atoms with E-state index in [0.717, 1.165) is 12.8 Å². The number of hydrogen-bond donors (Lipinski definition) is 0. The Morgan fingerprint density at radius 3 is 0.967 bits per heavy atom. The smallest absolute Gasteiger partial charge is 0.171 e. The van der Waals surface area contributed by atoms with Gasteiger partial charge in [0, 0.05) is 0 Å². The van der Waals surface area contributed by atoms with Crippen molar-refractivity contribution in [2.24, 2.45) is 0 Å². The second-order valence-corrected chi connectivity index (χ2v) is 6.21. The van der Waals surface area contributed by atoms with Gasteiger partial charge in [-0.25, -0.2) is 23.3 Å². The van der Waals surface area contributed by atoms with Crippen molar-refractivity contribution in [3.05, 3.63) is 119 Å². The van der Waals surface area contributed by atoms with Gasteiger partial charge < -0.3 is 0 Å². The molecule has 0 unspecified atom stereocenters. The monoisotopic (exact) mass is 532 g/mol. The van der Waals surface area contributed by atoms with Crippen LogP contribution in [-0.2, 0) is 23.3 Å². The Labute approximate surface area is 213 Å². The van der Waals surface area contributed by atoms with Gasteiger partial charge in [-0.05, 0) is 0 Å². The molecule has 0 aromatic heterocycles. The summed E-state index contributed by atoms with van der Waals surface area (Å²) in [6, 6.07) is 25.0. The summed E-state index contributed by atoms with van der Waals surface area (Å²) in [6.07, 6.45) is 12.8. The van der Waals surface area contributed by atoms with Crippen LogP contribution in [0.25, 0.3) is 0 Å². The van der Waals surface area contributed by atoms with E-state index in [9.17, 15) is 0 Å². The minimum absolute atomic E-state index is 0. The Kier molecular flexibility index (Phi) is 27.4. The Morgan fingerprint density at radius 1 is 0.600 bits per heavy atom. The summed E-state index contributed by atoms with van der Waals surface area (Å²) in [4.78, 5) is 0. The molecule has 0 spiro atoms. The normalized spacial score (nSPS) is 12.2. The first kappa shape index (κ1) is 33.7. The zero-order valence-corrected chi connectivity index (χ0v) is 23.9. The van der Waals surface area contributed by atoms with Crippen LogP contribution in [0, 0.1) is 24.3 Å². The molecule has 0 aliphatic heterocycles. The van der Waals surface area contributed by atoms with Gasteiger partial charge in [-0.3, -0.25) is 12.2 Å². The molecule has 0 heterocycles. The molecular formula is C26H32Cl2SiZr-4. The maximum Gasteiger partial charge on any atom is -0.171 e. The van der Waals surface area contributed by atoms with Gasteiger partial charge in [0.15, 0.2) is 0 Å². The molecule has 2 aromatic rings. The second kappa shape index (κ2) is 24.4. The van der Waals surface area contributed by atoms with E-state index < -0.39 is 0 Å². The van der Waals surface area contributed by atoms with E-state index >= 15 is 0 Å². The Bertz CT molecular complexity index is 632. The standard InChI is InChI=1S/2C7H9.2C6H5.2ClH.H2Si.Zr/c2*1-6-3-4-7(2)5-6;2*1-2-4-6-5-3-1;;;;/h2*5H,3H2,1-2H3;2*1-5H;2*1H;1H2;/q4*-1;;;;. The number of benzene rings is 2. The zero-order chi connectivity index (χ0) is 21.0. The van der Waals surface area contributed by atoms with Crippen LogP contribution in [0.1, 0.15) is 40.5 Å². The Morgan fingerprint density at radius 2 is 0.900 bits per heavy atom. The quantitative estimate of drug-likeness (QED) is 0.251. The molecule has 0 bridgehead atoms. The molecule has 0 atom stereocenters. The molecule has 4 rings (SSSR count). The molecular weight excluding hydrogens is 503 g/mol. The fraction of sp³-hybridized carbons (Fsp3) is 0.231. The van der Waals surface area contributed by atoms with Gasteiger partial charge >= 0.3 is 30.2 Å². The van der Waals surface area contributed by atoms with Gasteiger partial charge in [-0.2, -0.15) is 83.9 Å². The van der Waals surface area contributed by atoms with Crippen LogP contribution in [0.4, 0.5) is 0 Å². The summed E-state index contributed by atoms with van der Waals surface area (Å²) in [6.45, 7) is 10.4. The molecule has 4 heteroatoms. The van der Waals surface area contributed by atoms with Crippen molar-refractivity contribution in [3.8, 4) is 0 Å². The third-order valence-electron chi connectivity index (χ3n) is 3.43. The average Bonchev–Trinajstić information content (AvgIpc) is 3.33. The fourth-order valence-corrected chi connectivity index (χ4v) is 2.18. The molecule has 0 radical (unpaired) electrons. The van der Waals surface area contributed by atoms with Crippen LogP contribution in [0.15, 0.2) is 95.1 Å². The van der Waals surface area contributed by atoms with Crippen LogP contribution >= 0.6 is 24.8 Å². The predicted molar refractivity (Wildman–Crippen MR) is 135 cm³/mol. The van der Waals surface area contributed by atoms with Gasteiger partial charge in [0.05, 0.1) is 0 Å². The van der Waals surface area contributed by atoms with Crippen LogP contribution < -0.4 is 0 Å². The van der Waals surface area contributed by atoms with Gasteiger partial charge in [-0.15, -0.1) is 37.7 Å². The van der Waals surface area contributed by atoms with E-state index in [1.54, 1.807) is 23.3 Å². The van der Waals surface area contributed by atoms with Crippen molar-refractivity contribution in [1.29, 1.82) is 0 Å². The number of rotatable bonds is 0. The van der Waals surface area contributed by atoms with Gasteiger partial charge in [-0.1, -0.05) is 27.7 Å². The zero-order valence-electron chi connectivity index (χ0n) is 18.4. The van der Waals surface area contributed by atoms with Crippen molar-refractivity contribution in [2.45, 2.75) is 40.5 Å². The molecule has 162 valence electrons. The third-order valence-corrected chi connectivity index (χ3v) is 3.43. The van der Waals surface area contributed by atoms with Gasteiger partial charge in [0.25, 0.3) is 0 Å². The first-order chi connectivity index (χ1) is 13.6. The summed E-state index contributed by atoms with van der Waals surface area (Å²) < 4.78 is 0. The molecule has 2 aliphatic carbocycles. The Hall–Kier alpha value is -0.920. The molecule has 0 nitrogen and oxygen atoms in total. The SMILES string of the molecule is CC1=[C-]CC(C)=C1.CC1=[C-]CC(C)=C1.Cl.Cl.[SiH2]=[Zr].[c-]1ccccc1.[c-]1ccccc1. The molecule has 0 N–H and O–H groups in total. The van der Waals surface area contributed by atoms with Crippen LogP contribution in [0.3, 0.4) is 0 Å². The van der Waals surface area contributed by atoms with Crippen molar-refractivity contribution >= 4 is 31.7 Å². The maximum atomic E-state index is 3.19. The molecule has 0 fully saturated rings. The van der Waals surface area contributed by atoms with E-state index in [0.29, 0.717) is 0 Å². The van der Waals surface area contributed by atoms with Gasteiger partial charge in [0.2, 0.25) is 0 Å². The number of allylic oxidation sites excluding steroid dienone is 8. The van der Waals surface area contributed by atoms with Crippen molar-refractivity contribution in [3.63, 3.8) is 0 Å². The summed E-state index contributed by atoms with van der Waals surface area (Å²) in [5, 5.41) is 0. The fourth-order valence-electron chi connectivity index (χ4n) is 2.18. The van der Waals surface area contributed by atoms with Gasteiger partial charge in [0.1, 0.15) is 0 Å². The molecule has 30 heavy (non-hydrogen) atoms. The first-order valence-corrected chi connectivity index (χ1v) is 15.2. The van der Waals surface area contributed by atoms with E-state index in [-0.39, 0.29) is 24.8 Å². The molecule has 2 aliphatic rings. The molecule has 0 saturated heterocycles. The minimum Gasteiger partial charge on any atom is -0.184 e. The Balaban J connectivity index is -0.000000309. The molecule has 2 aromatic carbocycles. The summed E-state index contributed by atoms with van der Waals surface area (Å²) in [5.74, 6) is 0. The number of hydrogen-bond acceptors (Lipinski definition) is 0. The maximum absolute atomic E-state index is 3.19. The van der Waals surface area contributed by atoms with E-state index in [2.05, 4.69) is 64.1 Å². The van der Waals surface area contributed by atoms with Crippen molar-refractivity contribution in [2.75, 3.05) is 0 Å². The minimum atomic E-state index is 0. The molecule has 0 amide bonds. The van der Waals surface area contributed by atoms with Crippen LogP contribution in [0.2, 0.25) is 0 Å². The van der Waals surface area contributed by atoms with Crippen LogP contribution in [0.5, 0.6) is 0 Å². The topological polar surface area (TPSA) is 0 Å². The average molecular weight is 535 g/mol. The third kappa shape index (κ3) is 21.8. The van der Waals surface area contributed by atoms with E-state index in [1.165, 1.54) is 22.3 Å². The largest absolute Gasteiger partial charge is 0.184 e. The second-order valence-electron chi connectivity index (χ2n) is 6.21. The van der Waals surface area contributed by atoms with Crippen LogP contribution in [-0.4, -0.2) is 6.88 Å². The number of halogens is 2. The predicted octanol–water partition coefficient (Wildman–Crippen LogP) is 7.07. The van der Waals surface area contributed by atoms with Crippen molar-refractivity contribution in [1.82, 2.24) is 0 Å². The summed E-state index contributed by atoms with van der Waals surface area (Å²) in [5.41, 5.74) is 5.44. The molecule has 0 saturated carbocycles.